The van der Waals surface area contributed by atoms with Crippen LogP contribution in [0.2, 0.25) is 0 Å². The Morgan fingerprint density at radius 3 is 1.33 bits per heavy atom. The van der Waals surface area contributed by atoms with Crippen LogP contribution < -0.4 is 8.38 Å². The van der Waals surface area contributed by atoms with Crippen molar-refractivity contribution in [2.75, 3.05) is 0 Å². The van der Waals surface area contributed by atoms with Gasteiger partial charge in [0.05, 0.1) is 0 Å². The van der Waals surface area contributed by atoms with Crippen LogP contribution in [0.25, 0.3) is 0 Å². The van der Waals surface area contributed by atoms with Crippen LogP contribution in [0.1, 0.15) is 0 Å². The molecule has 0 saturated heterocycles. The number of rotatable bonds is 0. The standard InChI is InChI=1S/Cu.H2O3Se.H2O/c;1-4(2)3;/h;(H2,1,2,3);1H2/q+2;;/p-2. The SMILES string of the molecule is O.O=[Se]([O-])[O-].[Cu+2]. The second kappa shape index (κ2) is 9.21. The smallest absolute Gasteiger partial charge is 2.00 e. The maximum atomic E-state index is 8.54. The molecule has 0 aliphatic heterocycles. The minimum atomic E-state index is -3.79. The van der Waals surface area contributed by atoms with Gasteiger partial charge in [-0.1, -0.05) is 0 Å². The van der Waals surface area contributed by atoms with E-state index in [-0.39, 0.29) is 22.5 Å². The van der Waals surface area contributed by atoms with Crippen LogP contribution in [0.5, 0.6) is 0 Å². The van der Waals surface area contributed by atoms with Gasteiger partial charge < -0.3 is 5.48 Å². The minimum absolute atomic E-state index is 0. The monoisotopic (exact) mass is 209 g/mol. The number of hydrogen-bond acceptors (Lipinski definition) is 3. The molecular formula is H2CuO4Se. The van der Waals surface area contributed by atoms with Gasteiger partial charge in [-0.05, 0) is 0 Å². The Morgan fingerprint density at radius 1 is 1.33 bits per heavy atom. The molecule has 0 saturated carbocycles. The first-order chi connectivity index (χ1) is 1.73. The second-order valence-corrected chi connectivity index (χ2v) is 1.06. The topological polar surface area (TPSA) is 94.7 Å². The minimum Gasteiger partial charge on any atom is 2.00 e. The van der Waals surface area contributed by atoms with E-state index < -0.39 is 14.5 Å². The molecule has 2 N–H and O–H groups in total. The van der Waals surface area contributed by atoms with E-state index in [1.165, 1.54) is 0 Å². The average Bonchev–Trinajstić information content (AvgIpc) is 0.811. The van der Waals surface area contributed by atoms with Crippen LogP contribution in [-0.2, 0) is 20.9 Å². The fourth-order valence-electron chi connectivity index (χ4n) is 0. The summed E-state index contributed by atoms with van der Waals surface area (Å²) in [5.41, 5.74) is 0. The molecule has 4 nitrogen and oxygen atoms in total. The summed E-state index contributed by atoms with van der Waals surface area (Å²) in [5, 5.41) is 0. The first-order valence-electron chi connectivity index (χ1n) is 0.500. The van der Waals surface area contributed by atoms with Gasteiger partial charge in [0.1, 0.15) is 0 Å². The zero-order valence-corrected chi connectivity index (χ0v) is 5.09. The van der Waals surface area contributed by atoms with Gasteiger partial charge in [-0.2, -0.15) is 0 Å². The summed E-state index contributed by atoms with van der Waals surface area (Å²) in [6, 6.07) is 0. The Labute approximate surface area is 49.7 Å². The van der Waals surface area contributed by atoms with E-state index in [1.54, 1.807) is 0 Å². The summed E-state index contributed by atoms with van der Waals surface area (Å²) >= 11 is -3.79. The van der Waals surface area contributed by atoms with Crippen molar-refractivity contribution < 1.29 is 34.8 Å². The van der Waals surface area contributed by atoms with Gasteiger partial charge in [0, 0.05) is 0 Å². The van der Waals surface area contributed by atoms with Crippen molar-refractivity contribution in [2.24, 2.45) is 0 Å². The average molecular weight is 209 g/mol. The maximum Gasteiger partial charge on any atom is 2.00 e. The Hall–Kier alpha value is 0.719. The van der Waals surface area contributed by atoms with Gasteiger partial charge in [-0.3, -0.25) is 0 Å². The second-order valence-electron chi connectivity index (χ2n) is 0.204. The molecule has 0 spiro atoms. The van der Waals surface area contributed by atoms with E-state index in [4.69, 9.17) is 12.2 Å². The first-order valence-corrected chi connectivity index (χ1v) is 2.60. The van der Waals surface area contributed by atoms with Crippen LogP contribution in [0, 0.1) is 0 Å². The predicted molar refractivity (Wildman–Crippen MR) is 10.1 cm³/mol. The van der Waals surface area contributed by atoms with Crippen molar-refractivity contribution in [1.82, 2.24) is 0 Å². The summed E-state index contributed by atoms with van der Waals surface area (Å²) < 4.78 is 25.6. The van der Waals surface area contributed by atoms with E-state index in [0.29, 0.717) is 0 Å². The van der Waals surface area contributed by atoms with Crippen LogP contribution >= 0.6 is 0 Å². The van der Waals surface area contributed by atoms with Crippen LogP contribution in [-0.4, -0.2) is 20.0 Å². The molecule has 1 radical (unpaired) electrons. The van der Waals surface area contributed by atoms with Gasteiger partial charge in [0.2, 0.25) is 0 Å². The summed E-state index contributed by atoms with van der Waals surface area (Å²) in [6.45, 7) is 0. The van der Waals surface area contributed by atoms with Gasteiger partial charge in [0.25, 0.3) is 0 Å². The van der Waals surface area contributed by atoms with Gasteiger partial charge in [0.15, 0.2) is 0 Å². The Bertz CT molecular complexity index is 30.5. The third kappa shape index (κ3) is 126. The van der Waals surface area contributed by atoms with Crippen LogP contribution in [0.4, 0.5) is 0 Å². The molecule has 0 aromatic heterocycles. The van der Waals surface area contributed by atoms with Crippen molar-refractivity contribution >= 4 is 14.5 Å². The number of hydrogen-bond donors (Lipinski definition) is 0. The van der Waals surface area contributed by atoms with Crippen molar-refractivity contribution in [1.29, 1.82) is 0 Å². The molecular weight excluding hydrogens is 207 g/mol. The van der Waals surface area contributed by atoms with E-state index in [9.17, 15) is 0 Å². The Kier molecular flexibility index (Phi) is 24.4. The van der Waals surface area contributed by atoms with Crippen molar-refractivity contribution in [3.05, 3.63) is 0 Å². The molecule has 0 fully saturated rings. The van der Waals surface area contributed by atoms with Crippen LogP contribution in [0.3, 0.4) is 0 Å². The van der Waals surface area contributed by atoms with Gasteiger partial charge >= 0.3 is 43.8 Å². The summed E-state index contributed by atoms with van der Waals surface area (Å²) in [6.07, 6.45) is 0. The molecule has 0 bridgehead atoms. The molecule has 6 heavy (non-hydrogen) atoms. The molecule has 0 unspecified atom stereocenters. The van der Waals surface area contributed by atoms with Crippen molar-refractivity contribution in [3.63, 3.8) is 0 Å². The Morgan fingerprint density at radius 2 is 1.33 bits per heavy atom. The maximum absolute atomic E-state index is 8.54. The fourth-order valence-corrected chi connectivity index (χ4v) is 0. The summed E-state index contributed by atoms with van der Waals surface area (Å²) in [4.78, 5) is 0. The molecule has 43 valence electrons. The quantitative estimate of drug-likeness (QED) is 0.383. The third-order valence-electron chi connectivity index (χ3n) is 0. The third-order valence-corrected chi connectivity index (χ3v) is 0. The largest absolute Gasteiger partial charge is 2.00 e. The van der Waals surface area contributed by atoms with E-state index in [2.05, 4.69) is 0 Å². The van der Waals surface area contributed by atoms with E-state index in [1.807, 2.05) is 0 Å². The summed E-state index contributed by atoms with van der Waals surface area (Å²) in [7, 11) is 0. The van der Waals surface area contributed by atoms with Crippen molar-refractivity contribution in [3.8, 4) is 0 Å². The first kappa shape index (κ1) is 15.9. The Balaban J connectivity index is -0.0000000450. The normalized spacial score (nSPS) is 5.83. The molecule has 0 heterocycles. The van der Waals surface area contributed by atoms with Crippen molar-refractivity contribution in [2.45, 2.75) is 0 Å². The van der Waals surface area contributed by atoms with Gasteiger partial charge in [-0.25, -0.2) is 0 Å². The summed E-state index contributed by atoms with van der Waals surface area (Å²) in [5.74, 6) is 0. The molecule has 0 atom stereocenters. The van der Waals surface area contributed by atoms with Gasteiger partial charge in [-0.15, -0.1) is 0 Å². The zero-order valence-electron chi connectivity index (χ0n) is 2.43. The fraction of sp³-hybridized carbons (Fsp3) is 0. The molecule has 0 aliphatic carbocycles. The molecule has 0 rings (SSSR count). The molecule has 6 heteroatoms. The predicted octanol–water partition coefficient (Wildman–Crippen LogP) is -3.70. The molecule has 0 aromatic carbocycles. The van der Waals surface area contributed by atoms with Crippen LogP contribution in [0.15, 0.2) is 0 Å². The molecule has 0 aromatic rings. The van der Waals surface area contributed by atoms with E-state index >= 15 is 0 Å². The van der Waals surface area contributed by atoms with E-state index in [0.717, 1.165) is 0 Å². The zero-order chi connectivity index (χ0) is 3.58. The molecule has 0 amide bonds. The molecule has 0 aliphatic rings.